The van der Waals surface area contributed by atoms with Crippen molar-refractivity contribution in [1.82, 2.24) is 4.98 Å². The first kappa shape index (κ1) is 10.4. The van der Waals surface area contributed by atoms with Gasteiger partial charge in [0.05, 0.1) is 4.92 Å². The second kappa shape index (κ2) is 4.04. The topological polar surface area (TPSA) is 82.0 Å². The van der Waals surface area contributed by atoms with Crippen LogP contribution in [0.2, 0.25) is 0 Å². The second-order valence-corrected chi connectivity index (χ2v) is 3.56. The van der Waals surface area contributed by atoms with Crippen molar-refractivity contribution in [2.24, 2.45) is 5.92 Å². The van der Waals surface area contributed by atoms with Gasteiger partial charge in [0.25, 0.3) is 0 Å². The van der Waals surface area contributed by atoms with Crippen LogP contribution in [0.3, 0.4) is 0 Å². The van der Waals surface area contributed by atoms with Crippen molar-refractivity contribution >= 4 is 11.5 Å². The van der Waals surface area contributed by atoms with Crippen molar-refractivity contribution in [3.63, 3.8) is 0 Å². The summed E-state index contributed by atoms with van der Waals surface area (Å²) in [5.74, 6) is 0.455. The third-order valence-electron chi connectivity index (χ3n) is 1.77. The van der Waals surface area contributed by atoms with Crippen LogP contribution in [0.25, 0.3) is 0 Å². The van der Waals surface area contributed by atoms with E-state index in [-0.39, 0.29) is 11.5 Å². The van der Waals surface area contributed by atoms with E-state index in [1.54, 1.807) is 6.07 Å². The molecule has 0 aliphatic heterocycles. The van der Waals surface area contributed by atoms with Crippen LogP contribution in [0.1, 0.15) is 19.5 Å². The maximum absolute atomic E-state index is 10.4. The Bertz CT molecular complexity index is 350. The van der Waals surface area contributed by atoms with Gasteiger partial charge in [-0.3, -0.25) is 10.1 Å². The largest absolute Gasteiger partial charge is 0.378 e. The van der Waals surface area contributed by atoms with Crippen LogP contribution >= 0.6 is 0 Å². The van der Waals surface area contributed by atoms with Gasteiger partial charge in [0.1, 0.15) is 0 Å². The van der Waals surface area contributed by atoms with Gasteiger partial charge < -0.3 is 5.73 Å². The third kappa shape index (κ3) is 2.42. The number of nitrogens with two attached hydrogens (primary N) is 1. The quantitative estimate of drug-likeness (QED) is 0.588. The maximum Gasteiger partial charge on any atom is 0.311 e. The van der Waals surface area contributed by atoms with Gasteiger partial charge in [-0.25, -0.2) is 4.98 Å². The van der Waals surface area contributed by atoms with E-state index >= 15 is 0 Å². The van der Waals surface area contributed by atoms with Gasteiger partial charge in [-0.1, -0.05) is 13.8 Å². The zero-order valence-corrected chi connectivity index (χ0v) is 8.23. The molecule has 1 aromatic rings. The van der Waals surface area contributed by atoms with Crippen molar-refractivity contribution in [3.8, 4) is 0 Å². The van der Waals surface area contributed by atoms with E-state index in [0.29, 0.717) is 5.92 Å². The molecule has 0 aromatic carbocycles. The van der Waals surface area contributed by atoms with Crippen LogP contribution in [0, 0.1) is 16.0 Å². The van der Waals surface area contributed by atoms with E-state index in [0.717, 1.165) is 12.1 Å². The lowest BCUT2D eigenvalue weighted by molar-refractivity contribution is -0.384. The lowest BCUT2D eigenvalue weighted by Gasteiger charge is -2.04. The molecule has 0 atom stereocenters. The fourth-order valence-corrected chi connectivity index (χ4v) is 1.20. The molecule has 1 aromatic heterocycles. The van der Waals surface area contributed by atoms with Crippen LogP contribution in [0.5, 0.6) is 0 Å². The zero-order valence-electron chi connectivity index (χ0n) is 8.23. The van der Waals surface area contributed by atoms with Crippen molar-refractivity contribution < 1.29 is 4.92 Å². The molecule has 1 rings (SSSR count). The summed E-state index contributed by atoms with van der Waals surface area (Å²) in [6.45, 7) is 4.11. The van der Waals surface area contributed by atoms with Gasteiger partial charge in [0, 0.05) is 11.8 Å². The molecule has 5 nitrogen and oxygen atoms in total. The van der Waals surface area contributed by atoms with Crippen molar-refractivity contribution in [2.75, 3.05) is 5.73 Å². The molecule has 0 amide bonds. The highest BCUT2D eigenvalue weighted by Gasteiger charge is 2.12. The molecule has 0 fully saturated rings. The number of nitrogens with zero attached hydrogens (tertiary/aromatic N) is 2. The molecule has 0 spiro atoms. The average Bonchev–Trinajstić information content (AvgIpc) is 2.01. The molecule has 1 heterocycles. The molecule has 0 radical (unpaired) electrons. The smallest absolute Gasteiger partial charge is 0.311 e. The molecule has 0 unspecified atom stereocenters. The van der Waals surface area contributed by atoms with Gasteiger partial charge in [0.2, 0.25) is 5.82 Å². The van der Waals surface area contributed by atoms with Crippen molar-refractivity contribution in [3.05, 3.63) is 27.9 Å². The second-order valence-electron chi connectivity index (χ2n) is 3.56. The van der Waals surface area contributed by atoms with Crippen molar-refractivity contribution in [1.29, 1.82) is 0 Å². The molecule has 76 valence electrons. The van der Waals surface area contributed by atoms with E-state index < -0.39 is 4.92 Å². The fourth-order valence-electron chi connectivity index (χ4n) is 1.20. The highest BCUT2D eigenvalue weighted by molar-refractivity contribution is 5.52. The minimum Gasteiger partial charge on any atom is -0.378 e. The highest BCUT2D eigenvalue weighted by Crippen LogP contribution is 2.19. The minimum atomic E-state index is -0.526. The van der Waals surface area contributed by atoms with E-state index in [4.69, 9.17) is 5.73 Å². The zero-order chi connectivity index (χ0) is 10.7. The standard InChI is InChI=1S/C9H13N3O2/c1-6(2)5-7-3-4-8(12(13)14)9(10)11-7/h3-4,6H,5H2,1-2H3,(H2,10,11). The Kier molecular flexibility index (Phi) is 3.01. The predicted molar refractivity (Wildman–Crippen MR) is 53.8 cm³/mol. The molecule has 0 saturated heterocycles. The van der Waals surface area contributed by atoms with Crippen LogP contribution in [0.15, 0.2) is 12.1 Å². The summed E-state index contributed by atoms with van der Waals surface area (Å²) in [6, 6.07) is 3.05. The molecule has 2 N–H and O–H groups in total. The normalized spacial score (nSPS) is 10.5. The number of hydrogen-bond acceptors (Lipinski definition) is 4. The van der Waals surface area contributed by atoms with Gasteiger partial charge in [0.15, 0.2) is 0 Å². The first-order chi connectivity index (χ1) is 6.50. The number of aromatic nitrogens is 1. The van der Waals surface area contributed by atoms with Crippen LogP contribution in [-0.4, -0.2) is 9.91 Å². The SMILES string of the molecule is CC(C)Cc1ccc([N+](=O)[O-])c(N)n1. The molecule has 14 heavy (non-hydrogen) atoms. The number of anilines is 1. The Hall–Kier alpha value is -1.65. The molecular weight excluding hydrogens is 182 g/mol. The van der Waals surface area contributed by atoms with Gasteiger partial charge in [-0.05, 0) is 18.4 Å². The Morgan fingerprint density at radius 3 is 2.64 bits per heavy atom. The number of pyridine rings is 1. The Morgan fingerprint density at radius 1 is 1.57 bits per heavy atom. The summed E-state index contributed by atoms with van der Waals surface area (Å²) in [5.41, 5.74) is 6.11. The van der Waals surface area contributed by atoms with Gasteiger partial charge in [-0.2, -0.15) is 0 Å². The first-order valence-electron chi connectivity index (χ1n) is 4.40. The molecule has 5 heteroatoms. The molecule has 0 bridgehead atoms. The number of nitrogen functional groups attached to an aromatic ring is 1. The number of rotatable bonds is 3. The fraction of sp³-hybridized carbons (Fsp3) is 0.444. The minimum absolute atomic E-state index is 0.00634. The third-order valence-corrected chi connectivity index (χ3v) is 1.77. The summed E-state index contributed by atoms with van der Waals surface area (Å²) in [5, 5.41) is 10.4. The molecule has 0 aliphatic rings. The van der Waals surface area contributed by atoms with Crippen LogP contribution in [-0.2, 0) is 6.42 Å². The summed E-state index contributed by atoms with van der Waals surface area (Å²) >= 11 is 0. The molecule has 0 saturated carbocycles. The first-order valence-corrected chi connectivity index (χ1v) is 4.40. The summed E-state index contributed by atoms with van der Waals surface area (Å²) in [7, 11) is 0. The van der Waals surface area contributed by atoms with E-state index in [2.05, 4.69) is 18.8 Å². The summed E-state index contributed by atoms with van der Waals surface area (Å²) in [6.07, 6.45) is 0.780. The van der Waals surface area contributed by atoms with E-state index in [1.165, 1.54) is 6.07 Å². The predicted octanol–water partition coefficient (Wildman–Crippen LogP) is 1.77. The number of hydrogen-bond donors (Lipinski definition) is 1. The number of nitro groups is 1. The van der Waals surface area contributed by atoms with E-state index in [9.17, 15) is 10.1 Å². The molecule has 0 aliphatic carbocycles. The Balaban J connectivity index is 2.94. The Labute approximate surface area is 82.1 Å². The summed E-state index contributed by atoms with van der Waals surface area (Å²) < 4.78 is 0. The average molecular weight is 195 g/mol. The Morgan fingerprint density at radius 2 is 2.21 bits per heavy atom. The monoisotopic (exact) mass is 195 g/mol. The van der Waals surface area contributed by atoms with E-state index in [1.807, 2.05) is 0 Å². The lowest BCUT2D eigenvalue weighted by atomic mass is 10.1. The van der Waals surface area contributed by atoms with Crippen LogP contribution < -0.4 is 5.73 Å². The van der Waals surface area contributed by atoms with Crippen molar-refractivity contribution in [2.45, 2.75) is 20.3 Å². The van der Waals surface area contributed by atoms with Gasteiger partial charge in [-0.15, -0.1) is 0 Å². The highest BCUT2D eigenvalue weighted by atomic mass is 16.6. The maximum atomic E-state index is 10.4. The van der Waals surface area contributed by atoms with Crippen LogP contribution in [0.4, 0.5) is 11.5 Å². The van der Waals surface area contributed by atoms with Gasteiger partial charge >= 0.3 is 5.69 Å². The summed E-state index contributed by atoms with van der Waals surface area (Å²) in [4.78, 5) is 13.9. The lowest BCUT2D eigenvalue weighted by Crippen LogP contribution is -2.03. The molecular formula is C9H13N3O2.